The zero-order chi connectivity index (χ0) is 20.6. The van der Waals surface area contributed by atoms with Crippen molar-refractivity contribution in [3.05, 3.63) is 65.3 Å². The molecule has 0 aliphatic carbocycles. The van der Waals surface area contributed by atoms with E-state index in [1.54, 1.807) is 17.5 Å². The smallest absolute Gasteiger partial charge is 0.235 e. The van der Waals surface area contributed by atoms with E-state index < -0.39 is 0 Å². The number of hydrogen-bond donors (Lipinski definition) is 1. The highest BCUT2D eigenvalue weighted by molar-refractivity contribution is 7.99. The number of carbonyl (C=O) groups is 1. The number of anilines is 1. The molecule has 0 saturated heterocycles. The molecule has 0 radical (unpaired) electrons. The summed E-state index contributed by atoms with van der Waals surface area (Å²) < 4.78 is 7.66. The first-order valence-corrected chi connectivity index (χ1v) is 10.6. The third-order valence-corrected chi connectivity index (χ3v) is 5.66. The molecule has 0 atom stereocenters. The number of thiophene rings is 1. The summed E-state index contributed by atoms with van der Waals surface area (Å²) in [5.74, 6) is 1.34. The van der Waals surface area contributed by atoms with E-state index in [0.717, 1.165) is 11.3 Å². The Bertz CT molecular complexity index is 1030. The number of benzene rings is 1. The van der Waals surface area contributed by atoms with Crippen LogP contribution >= 0.6 is 23.1 Å². The first-order chi connectivity index (χ1) is 14.1. The fourth-order valence-corrected chi connectivity index (χ4v) is 3.93. The molecule has 0 saturated carbocycles. The molecule has 3 aromatic rings. The molecule has 0 bridgehead atoms. The standard InChI is InChI=1S/C20H19N5O2S2/c1-3-9-25-17(12-27-16-6-4-14(2)5-7-16)23-24-20(25)29-13-18(26)22-19-15(11-21)8-10-28-19/h3-8,10H,1,9,12-13H2,2H3,(H,22,26). The largest absolute Gasteiger partial charge is 0.486 e. The molecule has 0 aliphatic rings. The minimum atomic E-state index is -0.209. The average Bonchev–Trinajstić information content (AvgIpc) is 3.33. The number of aromatic nitrogens is 3. The van der Waals surface area contributed by atoms with Gasteiger partial charge < -0.3 is 10.1 Å². The Hall–Kier alpha value is -3.09. The van der Waals surface area contributed by atoms with Crippen LogP contribution in [0.25, 0.3) is 0 Å². The highest BCUT2D eigenvalue weighted by atomic mass is 32.2. The van der Waals surface area contributed by atoms with Crippen molar-refractivity contribution < 1.29 is 9.53 Å². The maximum absolute atomic E-state index is 12.2. The molecule has 1 N–H and O–H groups in total. The van der Waals surface area contributed by atoms with E-state index in [-0.39, 0.29) is 18.3 Å². The first-order valence-electron chi connectivity index (χ1n) is 8.73. The lowest BCUT2D eigenvalue weighted by molar-refractivity contribution is -0.113. The van der Waals surface area contributed by atoms with Crippen molar-refractivity contribution in [3.8, 4) is 11.8 Å². The van der Waals surface area contributed by atoms with E-state index >= 15 is 0 Å². The highest BCUT2D eigenvalue weighted by Crippen LogP contribution is 2.24. The van der Waals surface area contributed by atoms with Crippen molar-refractivity contribution in [1.82, 2.24) is 14.8 Å². The second kappa shape index (κ2) is 9.91. The topological polar surface area (TPSA) is 92.8 Å². The predicted octanol–water partition coefficient (Wildman–Crippen LogP) is 4.02. The number of carbonyl (C=O) groups excluding carboxylic acids is 1. The van der Waals surface area contributed by atoms with Crippen LogP contribution in [0.1, 0.15) is 17.0 Å². The van der Waals surface area contributed by atoms with Crippen LogP contribution in [0.3, 0.4) is 0 Å². The summed E-state index contributed by atoms with van der Waals surface area (Å²) in [6.07, 6.45) is 1.74. The second-order valence-corrected chi connectivity index (χ2v) is 7.87. The highest BCUT2D eigenvalue weighted by Gasteiger charge is 2.15. The van der Waals surface area contributed by atoms with E-state index in [0.29, 0.717) is 28.1 Å². The molecule has 0 spiro atoms. The van der Waals surface area contributed by atoms with Gasteiger partial charge in [-0.2, -0.15) is 5.26 Å². The van der Waals surface area contributed by atoms with Gasteiger partial charge in [0.2, 0.25) is 5.91 Å². The number of hydrogen-bond acceptors (Lipinski definition) is 7. The second-order valence-electron chi connectivity index (χ2n) is 6.01. The van der Waals surface area contributed by atoms with Crippen molar-refractivity contribution in [3.63, 3.8) is 0 Å². The van der Waals surface area contributed by atoms with E-state index in [1.165, 1.54) is 23.1 Å². The molecule has 2 heterocycles. The van der Waals surface area contributed by atoms with Gasteiger partial charge in [-0.25, -0.2) is 0 Å². The Labute approximate surface area is 177 Å². The molecule has 1 amide bonds. The molecule has 0 fully saturated rings. The fourth-order valence-electron chi connectivity index (χ4n) is 2.41. The summed E-state index contributed by atoms with van der Waals surface area (Å²) in [5, 5.41) is 23.1. The molecule has 1 aromatic carbocycles. The molecule has 9 heteroatoms. The van der Waals surface area contributed by atoms with Gasteiger partial charge in [-0.1, -0.05) is 35.5 Å². The van der Waals surface area contributed by atoms with Gasteiger partial charge in [0.05, 0.1) is 11.3 Å². The molecular formula is C20H19N5O2S2. The van der Waals surface area contributed by atoms with Crippen LogP contribution in [-0.4, -0.2) is 26.4 Å². The Morgan fingerprint density at radius 2 is 2.17 bits per heavy atom. The van der Waals surface area contributed by atoms with Crippen LogP contribution in [0.5, 0.6) is 5.75 Å². The lowest BCUT2D eigenvalue weighted by Crippen LogP contribution is -2.14. The van der Waals surface area contributed by atoms with Gasteiger partial charge in [0.15, 0.2) is 11.0 Å². The molecule has 0 aliphatic heterocycles. The number of allylic oxidation sites excluding steroid dienone is 1. The van der Waals surface area contributed by atoms with Crippen molar-refractivity contribution in [1.29, 1.82) is 5.26 Å². The number of nitrogens with one attached hydrogen (secondary N) is 1. The summed E-state index contributed by atoms with van der Waals surface area (Å²) in [4.78, 5) is 12.2. The van der Waals surface area contributed by atoms with Gasteiger partial charge in [0, 0.05) is 6.54 Å². The van der Waals surface area contributed by atoms with Crippen molar-refractivity contribution in [2.75, 3.05) is 11.1 Å². The van der Waals surface area contributed by atoms with E-state index in [4.69, 9.17) is 10.00 Å². The fraction of sp³-hybridized carbons (Fsp3) is 0.200. The van der Waals surface area contributed by atoms with Crippen LogP contribution in [0.4, 0.5) is 5.00 Å². The minimum absolute atomic E-state index is 0.150. The summed E-state index contributed by atoms with van der Waals surface area (Å²) in [6.45, 7) is 6.56. The molecule has 148 valence electrons. The lowest BCUT2D eigenvalue weighted by Gasteiger charge is -2.09. The number of nitrogens with zero attached hydrogens (tertiary/aromatic N) is 4. The quantitative estimate of drug-likeness (QED) is 0.411. The Morgan fingerprint density at radius 1 is 1.38 bits per heavy atom. The first kappa shape index (κ1) is 20.6. The van der Waals surface area contributed by atoms with Crippen molar-refractivity contribution in [2.45, 2.75) is 25.2 Å². The van der Waals surface area contributed by atoms with E-state index in [9.17, 15) is 4.79 Å². The van der Waals surface area contributed by atoms with Crippen LogP contribution in [0.15, 0.2) is 53.5 Å². The number of amides is 1. The Kier molecular flexibility index (Phi) is 7.05. The van der Waals surface area contributed by atoms with Crippen molar-refractivity contribution >= 4 is 34.0 Å². The minimum Gasteiger partial charge on any atom is -0.486 e. The van der Waals surface area contributed by atoms with Crippen LogP contribution in [-0.2, 0) is 17.9 Å². The van der Waals surface area contributed by atoms with Gasteiger partial charge in [0.25, 0.3) is 0 Å². The molecule has 2 aromatic heterocycles. The van der Waals surface area contributed by atoms with Gasteiger partial charge >= 0.3 is 0 Å². The van der Waals surface area contributed by atoms with E-state index in [2.05, 4.69) is 28.2 Å². The zero-order valence-corrected chi connectivity index (χ0v) is 17.4. The monoisotopic (exact) mass is 425 g/mol. The maximum Gasteiger partial charge on any atom is 0.235 e. The molecule has 0 unspecified atom stereocenters. The Balaban J connectivity index is 1.61. The maximum atomic E-state index is 12.2. The SMILES string of the molecule is C=CCn1c(COc2ccc(C)cc2)nnc1SCC(=O)Nc1sccc1C#N. The molecular weight excluding hydrogens is 406 g/mol. The third kappa shape index (κ3) is 5.47. The summed E-state index contributed by atoms with van der Waals surface area (Å²) >= 11 is 2.59. The van der Waals surface area contributed by atoms with Crippen LogP contribution < -0.4 is 10.1 Å². The zero-order valence-electron chi connectivity index (χ0n) is 15.8. The summed E-state index contributed by atoms with van der Waals surface area (Å²) in [6, 6.07) is 11.5. The number of ether oxygens (including phenoxy) is 1. The number of aryl methyl sites for hydroxylation is 1. The number of rotatable bonds is 9. The van der Waals surface area contributed by atoms with E-state index in [1.807, 2.05) is 35.8 Å². The van der Waals surface area contributed by atoms with Gasteiger partial charge in [-0.3, -0.25) is 9.36 Å². The molecule has 29 heavy (non-hydrogen) atoms. The lowest BCUT2D eigenvalue weighted by atomic mass is 10.2. The summed E-state index contributed by atoms with van der Waals surface area (Å²) in [7, 11) is 0. The van der Waals surface area contributed by atoms with Gasteiger partial charge in [0.1, 0.15) is 23.4 Å². The van der Waals surface area contributed by atoms with Crippen LogP contribution in [0.2, 0.25) is 0 Å². The van der Waals surface area contributed by atoms with Crippen molar-refractivity contribution in [2.24, 2.45) is 0 Å². The average molecular weight is 426 g/mol. The third-order valence-electron chi connectivity index (χ3n) is 3.87. The van der Waals surface area contributed by atoms with Gasteiger partial charge in [-0.05, 0) is 30.5 Å². The molecule has 7 nitrogen and oxygen atoms in total. The predicted molar refractivity (Wildman–Crippen MR) is 114 cm³/mol. The molecule has 3 rings (SSSR count). The summed E-state index contributed by atoms with van der Waals surface area (Å²) in [5.41, 5.74) is 1.62. The normalized spacial score (nSPS) is 10.3. The number of nitriles is 1. The van der Waals surface area contributed by atoms with Gasteiger partial charge in [-0.15, -0.1) is 28.1 Å². The Morgan fingerprint density at radius 3 is 2.90 bits per heavy atom. The van der Waals surface area contributed by atoms with Crippen LogP contribution in [0, 0.1) is 18.3 Å². The number of thioether (sulfide) groups is 1.